The van der Waals surface area contributed by atoms with Crippen LogP contribution in [0.3, 0.4) is 0 Å². The molecule has 0 heterocycles. The summed E-state index contributed by atoms with van der Waals surface area (Å²) in [6.07, 6.45) is 21.1. The molecule has 0 aliphatic heterocycles. The predicted molar refractivity (Wildman–Crippen MR) is 108 cm³/mol. The van der Waals surface area contributed by atoms with Crippen molar-refractivity contribution in [3.63, 3.8) is 0 Å². The van der Waals surface area contributed by atoms with Crippen molar-refractivity contribution in [2.45, 2.75) is 110 Å². The first-order valence-electron chi connectivity index (χ1n) is 10.8. The van der Waals surface area contributed by atoms with Crippen LogP contribution in [0, 0.1) is 0 Å². The molecule has 0 saturated heterocycles. The molecule has 1 N–H and O–H groups in total. The Bertz CT molecular complexity index is 256. The van der Waals surface area contributed by atoms with Crippen LogP contribution in [0.15, 0.2) is 12.2 Å². The monoisotopic (exact) mass is 356 g/mol. The fraction of sp³-hybridized carbons (Fsp3) is 0.909. The van der Waals surface area contributed by atoms with Gasteiger partial charge in [-0.25, -0.2) is 0 Å². The molecule has 0 bridgehead atoms. The molecule has 0 rings (SSSR count). The fourth-order valence-electron chi connectivity index (χ4n) is 2.70. The van der Waals surface area contributed by atoms with E-state index in [0.29, 0.717) is 0 Å². The van der Waals surface area contributed by atoms with E-state index in [9.17, 15) is 0 Å². The molecule has 0 atom stereocenters. The third kappa shape index (κ3) is 19.8. The Balaban J connectivity index is 3.49. The lowest BCUT2D eigenvalue weighted by molar-refractivity contribution is -0.147. The van der Waals surface area contributed by atoms with Crippen LogP contribution in [0.4, 0.5) is 0 Å². The summed E-state index contributed by atoms with van der Waals surface area (Å²) in [7, 11) is 0. The second kappa shape index (κ2) is 21.7. The molecule has 0 aromatic heterocycles. The maximum atomic E-state index is 8.68. The molecule has 0 amide bonds. The van der Waals surface area contributed by atoms with E-state index in [1.807, 2.05) is 0 Å². The second-order valence-electron chi connectivity index (χ2n) is 6.91. The SMILES string of the molecule is CCCCOC(CCCCCCCCC/C=C\CCO)OCCCC. The Kier molecular flexibility index (Phi) is 21.3. The Labute approximate surface area is 157 Å². The third-order valence-corrected chi connectivity index (χ3v) is 4.38. The summed E-state index contributed by atoms with van der Waals surface area (Å²) in [6.45, 7) is 6.33. The molecule has 0 aliphatic carbocycles. The van der Waals surface area contributed by atoms with Gasteiger partial charge in [-0.15, -0.1) is 0 Å². The second-order valence-corrected chi connectivity index (χ2v) is 6.91. The van der Waals surface area contributed by atoms with Gasteiger partial charge in [0.25, 0.3) is 0 Å². The first-order valence-corrected chi connectivity index (χ1v) is 10.8. The van der Waals surface area contributed by atoms with E-state index >= 15 is 0 Å². The third-order valence-electron chi connectivity index (χ3n) is 4.38. The minimum atomic E-state index is 0.0174. The van der Waals surface area contributed by atoms with Gasteiger partial charge in [0.1, 0.15) is 0 Å². The molecule has 0 aromatic rings. The van der Waals surface area contributed by atoms with E-state index in [2.05, 4.69) is 26.0 Å². The van der Waals surface area contributed by atoms with Crippen molar-refractivity contribution in [1.82, 2.24) is 0 Å². The number of unbranched alkanes of at least 4 members (excludes halogenated alkanes) is 9. The van der Waals surface area contributed by atoms with Crippen LogP contribution in [0.25, 0.3) is 0 Å². The molecule has 0 aliphatic rings. The lowest BCUT2D eigenvalue weighted by atomic mass is 10.1. The summed E-state index contributed by atoms with van der Waals surface area (Å²) < 4.78 is 11.8. The quantitative estimate of drug-likeness (QED) is 0.156. The topological polar surface area (TPSA) is 38.7 Å². The molecule has 0 spiro atoms. The number of aliphatic hydroxyl groups is 1. The number of aliphatic hydroxyl groups excluding tert-OH is 1. The molecule has 3 heteroatoms. The van der Waals surface area contributed by atoms with E-state index in [-0.39, 0.29) is 12.9 Å². The maximum Gasteiger partial charge on any atom is 0.157 e. The average molecular weight is 357 g/mol. The number of hydrogen-bond donors (Lipinski definition) is 1. The Morgan fingerprint density at radius 1 is 0.680 bits per heavy atom. The predicted octanol–water partition coefficient (Wildman–Crippen LogP) is 6.40. The highest BCUT2D eigenvalue weighted by atomic mass is 16.7. The summed E-state index contributed by atoms with van der Waals surface area (Å²) in [6, 6.07) is 0. The minimum Gasteiger partial charge on any atom is -0.396 e. The summed E-state index contributed by atoms with van der Waals surface area (Å²) in [5, 5.41) is 8.68. The van der Waals surface area contributed by atoms with Crippen LogP contribution in [0.1, 0.15) is 104 Å². The average Bonchev–Trinajstić information content (AvgIpc) is 2.62. The van der Waals surface area contributed by atoms with E-state index in [1.165, 1.54) is 57.8 Å². The number of ether oxygens (including phenoxy) is 2. The Morgan fingerprint density at radius 3 is 1.76 bits per heavy atom. The fourth-order valence-corrected chi connectivity index (χ4v) is 2.70. The van der Waals surface area contributed by atoms with Crippen molar-refractivity contribution < 1.29 is 14.6 Å². The lowest BCUT2D eigenvalue weighted by Gasteiger charge is -2.18. The van der Waals surface area contributed by atoms with Gasteiger partial charge in [0, 0.05) is 19.8 Å². The molecule has 0 aromatic carbocycles. The smallest absolute Gasteiger partial charge is 0.157 e. The molecule has 0 radical (unpaired) electrons. The van der Waals surface area contributed by atoms with Gasteiger partial charge >= 0.3 is 0 Å². The number of allylic oxidation sites excluding steroid dienone is 1. The maximum absolute atomic E-state index is 8.68. The zero-order valence-electron chi connectivity index (χ0n) is 17.0. The van der Waals surface area contributed by atoms with Crippen LogP contribution < -0.4 is 0 Å². The molecular formula is C22H44O3. The number of rotatable bonds is 20. The van der Waals surface area contributed by atoms with E-state index in [0.717, 1.165) is 45.3 Å². The van der Waals surface area contributed by atoms with Crippen molar-refractivity contribution in [3.05, 3.63) is 12.2 Å². The Hall–Kier alpha value is -0.380. The van der Waals surface area contributed by atoms with Gasteiger partial charge in [-0.1, -0.05) is 70.9 Å². The van der Waals surface area contributed by atoms with Crippen molar-refractivity contribution in [2.24, 2.45) is 0 Å². The van der Waals surface area contributed by atoms with Gasteiger partial charge in [-0.2, -0.15) is 0 Å². The van der Waals surface area contributed by atoms with Gasteiger partial charge in [-0.3, -0.25) is 0 Å². The van der Waals surface area contributed by atoms with Gasteiger partial charge < -0.3 is 14.6 Å². The Morgan fingerprint density at radius 2 is 1.20 bits per heavy atom. The molecular weight excluding hydrogens is 312 g/mol. The molecule has 0 fully saturated rings. The zero-order valence-corrected chi connectivity index (χ0v) is 17.0. The summed E-state index contributed by atoms with van der Waals surface area (Å²) in [4.78, 5) is 0. The van der Waals surface area contributed by atoms with Gasteiger partial charge in [-0.05, 0) is 44.9 Å². The minimum absolute atomic E-state index is 0.0174. The molecule has 3 nitrogen and oxygen atoms in total. The highest BCUT2D eigenvalue weighted by Crippen LogP contribution is 2.13. The number of hydrogen-bond acceptors (Lipinski definition) is 3. The van der Waals surface area contributed by atoms with Crippen LogP contribution >= 0.6 is 0 Å². The zero-order chi connectivity index (χ0) is 18.4. The van der Waals surface area contributed by atoms with E-state index < -0.39 is 0 Å². The van der Waals surface area contributed by atoms with Gasteiger partial charge in [0.2, 0.25) is 0 Å². The molecule has 0 saturated carbocycles. The normalized spacial score (nSPS) is 11.8. The van der Waals surface area contributed by atoms with E-state index in [4.69, 9.17) is 14.6 Å². The van der Waals surface area contributed by atoms with Gasteiger partial charge in [0.15, 0.2) is 6.29 Å². The van der Waals surface area contributed by atoms with E-state index in [1.54, 1.807) is 0 Å². The highest BCUT2D eigenvalue weighted by molar-refractivity contribution is 4.80. The molecule has 25 heavy (non-hydrogen) atoms. The standard InChI is InChI=1S/C22H44O3/c1-3-5-20-24-22(25-21-6-4-2)18-16-14-12-10-8-7-9-11-13-15-17-19-23/h13,15,22-23H,3-12,14,16-21H2,1-2H3/b15-13-. The highest BCUT2D eigenvalue weighted by Gasteiger charge is 2.08. The lowest BCUT2D eigenvalue weighted by Crippen LogP contribution is -2.18. The molecule has 150 valence electrons. The largest absolute Gasteiger partial charge is 0.396 e. The van der Waals surface area contributed by atoms with Crippen LogP contribution in [0.5, 0.6) is 0 Å². The van der Waals surface area contributed by atoms with Crippen molar-refractivity contribution in [1.29, 1.82) is 0 Å². The first kappa shape index (κ1) is 24.6. The van der Waals surface area contributed by atoms with Gasteiger partial charge in [0.05, 0.1) is 0 Å². The van der Waals surface area contributed by atoms with Crippen molar-refractivity contribution >= 4 is 0 Å². The first-order chi connectivity index (χ1) is 12.3. The van der Waals surface area contributed by atoms with Crippen LogP contribution in [0.2, 0.25) is 0 Å². The summed E-state index contributed by atoms with van der Waals surface area (Å²) in [5.74, 6) is 0. The van der Waals surface area contributed by atoms with Crippen LogP contribution in [-0.2, 0) is 9.47 Å². The summed E-state index contributed by atoms with van der Waals surface area (Å²) in [5.41, 5.74) is 0. The molecule has 0 unspecified atom stereocenters. The van der Waals surface area contributed by atoms with Crippen molar-refractivity contribution in [2.75, 3.05) is 19.8 Å². The van der Waals surface area contributed by atoms with Crippen LogP contribution in [-0.4, -0.2) is 31.2 Å². The summed E-state index contributed by atoms with van der Waals surface area (Å²) >= 11 is 0. The van der Waals surface area contributed by atoms with Crippen molar-refractivity contribution in [3.8, 4) is 0 Å².